The molecule has 11 rings (SSSR count). The lowest BCUT2D eigenvalue weighted by Gasteiger charge is -2.33. The van der Waals surface area contributed by atoms with Crippen LogP contribution in [-0.4, -0.2) is 25.6 Å². The maximum Gasteiger partial charge on any atom is 0.210 e. The number of fused-ring (bicyclic) bond motifs is 8. The van der Waals surface area contributed by atoms with Crippen molar-refractivity contribution in [1.29, 1.82) is 0 Å². The van der Waals surface area contributed by atoms with Crippen LogP contribution in [0.4, 0.5) is 17.1 Å². The highest BCUT2D eigenvalue weighted by Crippen LogP contribution is 2.47. The van der Waals surface area contributed by atoms with Crippen molar-refractivity contribution in [3.05, 3.63) is 188 Å². The summed E-state index contributed by atoms with van der Waals surface area (Å²) >= 11 is 0. The van der Waals surface area contributed by atoms with Gasteiger partial charge in [-0.05, 0) is 78.9 Å². The van der Waals surface area contributed by atoms with Gasteiger partial charge < -0.3 is 14.0 Å². The minimum atomic E-state index is -3.65. The normalized spacial score (nSPS) is 13.7. The second-order valence-electron chi connectivity index (χ2n) is 15.4. The highest BCUT2D eigenvalue weighted by molar-refractivity contribution is 7.92. The zero-order valence-electron chi connectivity index (χ0n) is 31.5. The predicted octanol–water partition coefficient (Wildman–Crippen LogP) is 11.3. The largest absolute Gasteiger partial charge is 0.309 e. The molecule has 0 amide bonds. The Kier molecular flexibility index (Phi) is 7.33. The first-order valence-electron chi connectivity index (χ1n) is 19.3. The van der Waals surface area contributed by atoms with E-state index in [1.807, 2.05) is 24.3 Å². The van der Waals surface area contributed by atoms with E-state index in [9.17, 15) is 8.42 Å². The Hall–Kier alpha value is -6.67. The van der Waals surface area contributed by atoms with E-state index in [-0.39, 0.29) is 0 Å². The molecule has 0 unspecified atom stereocenters. The highest BCUT2D eigenvalue weighted by atomic mass is 32.2. The van der Waals surface area contributed by atoms with Crippen LogP contribution in [0.2, 0.25) is 13.1 Å². The Bertz CT molecular complexity index is 3070. The molecule has 0 N–H and O–H groups in total. The summed E-state index contributed by atoms with van der Waals surface area (Å²) in [7, 11) is -6.04. The van der Waals surface area contributed by atoms with E-state index in [1.54, 1.807) is 24.3 Å². The van der Waals surface area contributed by atoms with Gasteiger partial charge in [-0.25, -0.2) is 8.42 Å². The standard InChI is InChI=1S/C50H37N3O2SSi/c1-57(2,37-29-27-34(28-30-37)51-47-23-11-13-25-49(47)56(54,55)50-26-14-12-24-48(50)51)38-32-35(52-43-19-7-3-15-39(43)40-16-4-8-20-44(40)52)31-36(33-38)53-45-21-9-5-17-41(45)42-18-6-10-22-46(42)53/h3-33H,1-2H3. The fraction of sp³-hybridized carbons (Fsp3) is 0.0400. The molecule has 57 heavy (non-hydrogen) atoms. The van der Waals surface area contributed by atoms with Crippen molar-refractivity contribution < 1.29 is 8.42 Å². The average molecular weight is 772 g/mol. The molecule has 1 aliphatic rings. The Morgan fingerprint density at radius 2 is 0.754 bits per heavy atom. The number of nitrogens with zero attached hydrogens (tertiary/aromatic N) is 3. The Morgan fingerprint density at radius 3 is 1.18 bits per heavy atom. The molecule has 0 atom stereocenters. The molecule has 274 valence electrons. The third kappa shape index (κ3) is 4.95. The van der Waals surface area contributed by atoms with Crippen LogP contribution >= 0.6 is 0 Å². The summed E-state index contributed by atoms with van der Waals surface area (Å²) in [6, 6.07) is 65.4. The zero-order chi connectivity index (χ0) is 38.5. The van der Waals surface area contributed by atoms with Crippen LogP contribution in [0.3, 0.4) is 0 Å². The number of hydrogen-bond acceptors (Lipinski definition) is 3. The maximum absolute atomic E-state index is 13.7. The molecule has 0 saturated heterocycles. The van der Waals surface area contributed by atoms with Crippen LogP contribution in [0.1, 0.15) is 0 Å². The van der Waals surface area contributed by atoms with Crippen molar-refractivity contribution in [2.24, 2.45) is 0 Å². The summed E-state index contributed by atoms with van der Waals surface area (Å²) in [5.74, 6) is 0. The van der Waals surface area contributed by atoms with E-state index in [1.165, 1.54) is 54.0 Å². The van der Waals surface area contributed by atoms with Gasteiger partial charge in [-0.1, -0.05) is 133 Å². The van der Waals surface area contributed by atoms with Crippen LogP contribution < -0.4 is 15.3 Å². The van der Waals surface area contributed by atoms with Crippen LogP contribution in [0.5, 0.6) is 0 Å². The molecule has 3 heterocycles. The first-order chi connectivity index (χ1) is 27.8. The molecule has 2 aromatic heterocycles. The minimum absolute atomic E-state index is 0.321. The van der Waals surface area contributed by atoms with Crippen LogP contribution in [-0.2, 0) is 9.84 Å². The number of sulfone groups is 1. The van der Waals surface area contributed by atoms with Gasteiger partial charge in [0, 0.05) is 38.6 Å². The van der Waals surface area contributed by atoms with Gasteiger partial charge in [-0.2, -0.15) is 0 Å². The summed E-state index contributed by atoms with van der Waals surface area (Å²) in [5.41, 5.74) is 9.21. The summed E-state index contributed by atoms with van der Waals surface area (Å²) in [5, 5.41) is 7.53. The minimum Gasteiger partial charge on any atom is -0.309 e. The van der Waals surface area contributed by atoms with Crippen molar-refractivity contribution in [2.45, 2.75) is 22.9 Å². The second-order valence-corrected chi connectivity index (χ2v) is 21.7. The molecule has 1 aliphatic heterocycles. The average Bonchev–Trinajstić information content (AvgIpc) is 3.77. The molecule has 0 aliphatic carbocycles. The fourth-order valence-corrected chi connectivity index (χ4v) is 13.0. The zero-order valence-corrected chi connectivity index (χ0v) is 33.3. The summed E-state index contributed by atoms with van der Waals surface area (Å²) in [6.45, 7) is 4.86. The smallest absolute Gasteiger partial charge is 0.210 e. The van der Waals surface area contributed by atoms with Gasteiger partial charge in [0.1, 0.15) is 8.07 Å². The number of para-hydroxylation sites is 6. The molecule has 0 fully saturated rings. The second kappa shape index (κ2) is 12.4. The predicted molar refractivity (Wildman–Crippen MR) is 238 cm³/mol. The fourth-order valence-electron chi connectivity index (χ4n) is 9.07. The van der Waals surface area contributed by atoms with Gasteiger partial charge >= 0.3 is 0 Å². The van der Waals surface area contributed by atoms with Gasteiger partial charge in [0.15, 0.2) is 0 Å². The molecule has 0 bridgehead atoms. The van der Waals surface area contributed by atoms with Crippen molar-refractivity contribution in [1.82, 2.24) is 9.13 Å². The SMILES string of the molecule is C[Si](C)(c1ccc(N2c3ccccc3S(=O)(=O)c3ccccc32)cc1)c1cc(-n2c3ccccc3c3ccccc32)cc(-n2c3ccccc3c3ccccc32)c1. The van der Waals surface area contributed by atoms with E-state index < -0.39 is 17.9 Å². The van der Waals surface area contributed by atoms with E-state index in [0.29, 0.717) is 21.2 Å². The summed E-state index contributed by atoms with van der Waals surface area (Å²) < 4.78 is 32.3. The van der Waals surface area contributed by atoms with Gasteiger partial charge in [0.05, 0.1) is 43.2 Å². The molecule has 0 radical (unpaired) electrons. The molecule has 0 saturated carbocycles. The molecule has 5 nitrogen and oxygen atoms in total. The van der Waals surface area contributed by atoms with Crippen molar-refractivity contribution in [2.75, 3.05) is 4.90 Å². The third-order valence-electron chi connectivity index (χ3n) is 11.9. The molecule has 7 heteroatoms. The van der Waals surface area contributed by atoms with E-state index >= 15 is 0 Å². The number of hydrogen-bond donors (Lipinski definition) is 0. The van der Waals surface area contributed by atoms with E-state index in [2.05, 4.69) is 167 Å². The lowest BCUT2D eigenvalue weighted by Crippen LogP contribution is -2.53. The maximum atomic E-state index is 13.7. The van der Waals surface area contributed by atoms with E-state index in [4.69, 9.17) is 0 Å². The monoisotopic (exact) mass is 771 g/mol. The number of benzene rings is 8. The first kappa shape index (κ1) is 33.6. The van der Waals surface area contributed by atoms with Crippen LogP contribution in [0, 0.1) is 0 Å². The van der Waals surface area contributed by atoms with Gasteiger partial charge in [0.2, 0.25) is 9.84 Å². The number of anilines is 3. The first-order valence-corrected chi connectivity index (χ1v) is 23.8. The molecular formula is C50H37N3O2SSi. The van der Waals surface area contributed by atoms with Crippen molar-refractivity contribution in [3.8, 4) is 11.4 Å². The number of aromatic nitrogens is 2. The van der Waals surface area contributed by atoms with Crippen LogP contribution in [0.25, 0.3) is 55.0 Å². The highest BCUT2D eigenvalue weighted by Gasteiger charge is 2.35. The van der Waals surface area contributed by atoms with E-state index in [0.717, 1.165) is 17.1 Å². The lowest BCUT2D eigenvalue weighted by atomic mass is 10.2. The molecule has 10 aromatic rings. The molecule has 0 spiro atoms. The summed E-state index contributed by atoms with van der Waals surface area (Å²) in [4.78, 5) is 2.72. The Morgan fingerprint density at radius 1 is 0.386 bits per heavy atom. The van der Waals surface area contributed by atoms with Gasteiger partial charge in [-0.15, -0.1) is 0 Å². The Labute approximate surface area is 332 Å². The van der Waals surface area contributed by atoms with Crippen LogP contribution in [0.15, 0.2) is 198 Å². The Balaban J connectivity index is 1.12. The third-order valence-corrected chi connectivity index (χ3v) is 17.3. The topological polar surface area (TPSA) is 47.2 Å². The van der Waals surface area contributed by atoms with Crippen molar-refractivity contribution >= 4 is 89.0 Å². The number of rotatable bonds is 5. The van der Waals surface area contributed by atoms with Gasteiger partial charge in [-0.3, -0.25) is 0 Å². The van der Waals surface area contributed by atoms with Gasteiger partial charge in [0.25, 0.3) is 0 Å². The quantitative estimate of drug-likeness (QED) is 0.164. The summed E-state index contributed by atoms with van der Waals surface area (Å²) in [6.07, 6.45) is 0. The molecule has 8 aromatic carbocycles. The molecular weight excluding hydrogens is 735 g/mol. The van der Waals surface area contributed by atoms with Crippen molar-refractivity contribution in [3.63, 3.8) is 0 Å². The lowest BCUT2D eigenvalue weighted by molar-refractivity contribution is 0.595.